The molecule has 17 heavy (non-hydrogen) atoms. The summed E-state index contributed by atoms with van der Waals surface area (Å²) in [5, 5.41) is 10.8. The zero-order valence-electron chi connectivity index (χ0n) is 9.07. The fraction of sp³-hybridized carbons (Fsp3) is 0.273. The summed E-state index contributed by atoms with van der Waals surface area (Å²) in [4.78, 5) is 11.7. The summed E-state index contributed by atoms with van der Waals surface area (Å²) in [6, 6.07) is 6.26. The number of rotatable bonds is 5. The van der Waals surface area contributed by atoms with Crippen LogP contribution in [0.2, 0.25) is 0 Å². The molecule has 1 amide bonds. The zero-order valence-corrected chi connectivity index (χ0v) is 9.89. The van der Waals surface area contributed by atoms with Crippen LogP contribution in [-0.4, -0.2) is 18.2 Å². The van der Waals surface area contributed by atoms with Crippen molar-refractivity contribution >= 4 is 23.4 Å². The Morgan fingerprint density at radius 1 is 1.59 bits per heavy atom. The van der Waals surface area contributed by atoms with Gasteiger partial charge in [-0.1, -0.05) is 0 Å². The van der Waals surface area contributed by atoms with Gasteiger partial charge in [0.05, 0.1) is 18.2 Å². The molecule has 0 aliphatic heterocycles. The number of nitrogens with one attached hydrogen (secondary N) is 1. The van der Waals surface area contributed by atoms with Crippen LogP contribution in [-0.2, 0) is 4.79 Å². The van der Waals surface area contributed by atoms with E-state index >= 15 is 0 Å². The molecule has 4 nitrogen and oxygen atoms in total. The Morgan fingerprint density at radius 2 is 2.35 bits per heavy atom. The maximum Gasteiger partial charge on any atom is 0.230 e. The summed E-state index contributed by atoms with van der Waals surface area (Å²) in [6.45, 7) is 0.320. The molecule has 0 aliphatic carbocycles. The van der Waals surface area contributed by atoms with Gasteiger partial charge in [0.2, 0.25) is 5.91 Å². The van der Waals surface area contributed by atoms with Crippen molar-refractivity contribution in [1.29, 1.82) is 5.26 Å². The molecule has 0 aliphatic rings. The monoisotopic (exact) mass is 253 g/mol. The van der Waals surface area contributed by atoms with Crippen LogP contribution in [0.1, 0.15) is 6.42 Å². The first-order chi connectivity index (χ1) is 8.13. The molecule has 0 bridgehead atoms. The molecule has 0 saturated carbocycles. The van der Waals surface area contributed by atoms with Gasteiger partial charge >= 0.3 is 0 Å². The summed E-state index contributed by atoms with van der Waals surface area (Å²) in [5.74, 6) is -0.534. The van der Waals surface area contributed by atoms with E-state index in [4.69, 9.17) is 11.0 Å². The Morgan fingerprint density at radius 3 is 3.00 bits per heavy atom. The average molecular weight is 253 g/mol. The van der Waals surface area contributed by atoms with Crippen molar-refractivity contribution in [1.82, 2.24) is 5.32 Å². The molecular formula is C11H12FN3OS. The predicted octanol–water partition coefficient (Wildman–Crippen LogP) is 1.53. The van der Waals surface area contributed by atoms with Gasteiger partial charge in [0, 0.05) is 17.1 Å². The molecular weight excluding hydrogens is 241 g/mol. The summed E-state index contributed by atoms with van der Waals surface area (Å²) < 4.78 is 13.3. The Kier molecular flexibility index (Phi) is 5.30. The van der Waals surface area contributed by atoms with Gasteiger partial charge in [0.15, 0.2) is 0 Å². The van der Waals surface area contributed by atoms with Crippen LogP contribution in [0.3, 0.4) is 0 Å². The number of halogens is 1. The maximum atomic E-state index is 13.3. The number of nitrogen functional groups attached to an aromatic ring is 1. The second-order valence-corrected chi connectivity index (χ2v) is 4.25. The van der Waals surface area contributed by atoms with Crippen molar-refractivity contribution in [3.63, 3.8) is 0 Å². The molecule has 1 aromatic carbocycles. The van der Waals surface area contributed by atoms with E-state index in [-0.39, 0.29) is 18.1 Å². The largest absolute Gasteiger partial charge is 0.399 e. The number of thioether (sulfide) groups is 1. The van der Waals surface area contributed by atoms with E-state index in [2.05, 4.69) is 5.32 Å². The highest BCUT2D eigenvalue weighted by Gasteiger charge is 2.06. The van der Waals surface area contributed by atoms with Crippen molar-refractivity contribution in [3.05, 3.63) is 24.0 Å². The summed E-state index contributed by atoms with van der Waals surface area (Å²) >= 11 is 1.10. The smallest absolute Gasteiger partial charge is 0.230 e. The van der Waals surface area contributed by atoms with Gasteiger partial charge in [-0.25, -0.2) is 4.39 Å². The number of benzene rings is 1. The minimum atomic E-state index is -0.431. The van der Waals surface area contributed by atoms with E-state index in [1.807, 2.05) is 6.07 Å². The van der Waals surface area contributed by atoms with Crippen LogP contribution in [0.4, 0.5) is 10.1 Å². The van der Waals surface area contributed by atoms with E-state index in [9.17, 15) is 9.18 Å². The van der Waals surface area contributed by atoms with Crippen LogP contribution in [0.15, 0.2) is 23.1 Å². The molecule has 1 rings (SSSR count). The van der Waals surface area contributed by atoms with E-state index in [0.29, 0.717) is 17.1 Å². The third-order valence-electron chi connectivity index (χ3n) is 1.87. The van der Waals surface area contributed by atoms with E-state index in [0.717, 1.165) is 11.8 Å². The molecule has 0 aromatic heterocycles. The van der Waals surface area contributed by atoms with Crippen molar-refractivity contribution in [3.8, 4) is 6.07 Å². The van der Waals surface area contributed by atoms with Crippen LogP contribution in [0.25, 0.3) is 0 Å². The third-order valence-corrected chi connectivity index (χ3v) is 2.92. The fourth-order valence-electron chi connectivity index (χ4n) is 1.09. The van der Waals surface area contributed by atoms with Crippen molar-refractivity contribution in [2.24, 2.45) is 0 Å². The van der Waals surface area contributed by atoms with Gasteiger partial charge in [0.1, 0.15) is 5.82 Å². The molecule has 0 heterocycles. The van der Waals surface area contributed by atoms with Gasteiger partial charge < -0.3 is 11.1 Å². The highest BCUT2D eigenvalue weighted by molar-refractivity contribution is 8.00. The number of anilines is 1. The second-order valence-electron chi connectivity index (χ2n) is 3.24. The summed E-state index contributed by atoms with van der Waals surface area (Å²) in [7, 11) is 0. The van der Waals surface area contributed by atoms with Crippen LogP contribution < -0.4 is 11.1 Å². The normalized spacial score (nSPS) is 9.65. The van der Waals surface area contributed by atoms with E-state index in [1.165, 1.54) is 12.1 Å². The average Bonchev–Trinajstić information content (AvgIpc) is 2.28. The molecule has 0 atom stereocenters. The number of nitrogens with zero attached hydrogens (tertiary/aromatic N) is 1. The Bertz CT molecular complexity index is 445. The second kappa shape index (κ2) is 6.76. The SMILES string of the molecule is N#CCCNC(=O)CSc1ccc(N)cc1F. The maximum absolute atomic E-state index is 13.3. The molecule has 0 spiro atoms. The Balaban J connectivity index is 2.40. The third kappa shape index (κ3) is 4.74. The lowest BCUT2D eigenvalue weighted by atomic mass is 10.3. The quantitative estimate of drug-likeness (QED) is 0.474. The lowest BCUT2D eigenvalue weighted by Gasteiger charge is -2.04. The standard InChI is InChI=1S/C11H12FN3OS/c12-9-6-8(14)2-3-10(9)17-7-11(16)15-5-1-4-13/h2-3,6H,1,5,7,14H2,(H,15,16). The first kappa shape index (κ1) is 13.3. The van der Waals surface area contributed by atoms with Crippen molar-refractivity contribution < 1.29 is 9.18 Å². The number of carbonyl (C=O) groups excluding carboxylic acids is 1. The molecule has 90 valence electrons. The molecule has 0 saturated heterocycles. The number of hydrogen-bond acceptors (Lipinski definition) is 4. The lowest BCUT2D eigenvalue weighted by molar-refractivity contribution is -0.118. The van der Waals surface area contributed by atoms with Crippen LogP contribution in [0.5, 0.6) is 0 Å². The Labute approximate surface area is 103 Å². The van der Waals surface area contributed by atoms with Crippen molar-refractivity contribution in [2.75, 3.05) is 18.0 Å². The minimum Gasteiger partial charge on any atom is -0.399 e. The first-order valence-corrected chi connectivity index (χ1v) is 5.93. The Hall–Kier alpha value is -1.74. The number of amides is 1. The first-order valence-electron chi connectivity index (χ1n) is 4.95. The molecule has 0 radical (unpaired) electrons. The van der Waals surface area contributed by atoms with Gasteiger partial charge in [-0.15, -0.1) is 11.8 Å². The fourth-order valence-corrected chi connectivity index (χ4v) is 1.84. The summed E-state index contributed by atoms with van der Waals surface area (Å²) in [6.07, 6.45) is 0.270. The van der Waals surface area contributed by atoms with Gasteiger partial charge in [-0.05, 0) is 18.2 Å². The molecule has 0 unspecified atom stereocenters. The molecule has 0 fully saturated rings. The number of nitriles is 1. The lowest BCUT2D eigenvalue weighted by Crippen LogP contribution is -2.25. The topological polar surface area (TPSA) is 78.9 Å². The predicted molar refractivity (Wildman–Crippen MR) is 64.8 cm³/mol. The van der Waals surface area contributed by atoms with Crippen LogP contribution in [0, 0.1) is 17.1 Å². The number of carbonyl (C=O) groups is 1. The van der Waals surface area contributed by atoms with Gasteiger partial charge in [0.25, 0.3) is 0 Å². The van der Waals surface area contributed by atoms with E-state index < -0.39 is 5.82 Å². The van der Waals surface area contributed by atoms with Crippen molar-refractivity contribution in [2.45, 2.75) is 11.3 Å². The summed E-state index contributed by atoms with van der Waals surface area (Å²) in [5.41, 5.74) is 5.76. The zero-order chi connectivity index (χ0) is 12.7. The number of hydrogen-bond donors (Lipinski definition) is 2. The molecule has 1 aromatic rings. The highest BCUT2D eigenvalue weighted by Crippen LogP contribution is 2.23. The van der Waals surface area contributed by atoms with Gasteiger partial charge in [-0.2, -0.15) is 5.26 Å². The van der Waals surface area contributed by atoms with Crippen LogP contribution >= 0.6 is 11.8 Å². The molecule has 3 N–H and O–H groups in total. The van der Waals surface area contributed by atoms with E-state index in [1.54, 1.807) is 6.07 Å². The minimum absolute atomic E-state index is 0.117. The number of nitrogens with two attached hydrogens (primary N) is 1. The van der Waals surface area contributed by atoms with Gasteiger partial charge in [-0.3, -0.25) is 4.79 Å². The molecule has 6 heteroatoms. The highest BCUT2D eigenvalue weighted by atomic mass is 32.2.